The number of rotatable bonds is 6. The van der Waals surface area contributed by atoms with E-state index in [9.17, 15) is 13.2 Å². The quantitative estimate of drug-likeness (QED) is 0.774. The first kappa shape index (κ1) is 20.4. The van der Waals surface area contributed by atoms with E-state index in [0.717, 1.165) is 30.5 Å². The van der Waals surface area contributed by atoms with Crippen LogP contribution in [0.5, 0.6) is 0 Å². The van der Waals surface area contributed by atoms with Crippen molar-refractivity contribution in [2.45, 2.75) is 43.5 Å². The molecule has 1 aliphatic rings. The smallest absolute Gasteiger partial charge is 0.319 e. The van der Waals surface area contributed by atoms with Gasteiger partial charge < -0.3 is 10.6 Å². The number of benzene rings is 2. The Kier molecular flexibility index (Phi) is 6.70. The maximum Gasteiger partial charge on any atom is 0.319 e. The molecule has 0 aliphatic carbocycles. The van der Waals surface area contributed by atoms with E-state index in [4.69, 9.17) is 0 Å². The minimum atomic E-state index is -3.51. The van der Waals surface area contributed by atoms with Crippen LogP contribution in [0, 0.1) is 6.92 Å². The lowest BCUT2D eigenvalue weighted by atomic mass is 10.0. The third kappa shape index (κ3) is 5.11. The van der Waals surface area contributed by atoms with E-state index in [-0.39, 0.29) is 12.1 Å². The van der Waals surface area contributed by atoms with Crippen LogP contribution in [0.25, 0.3) is 0 Å². The van der Waals surface area contributed by atoms with E-state index in [2.05, 4.69) is 10.6 Å². The highest BCUT2D eigenvalue weighted by atomic mass is 32.2. The number of piperidine rings is 1. The lowest BCUT2D eigenvalue weighted by Crippen LogP contribution is -2.45. The molecule has 0 unspecified atom stereocenters. The first-order chi connectivity index (χ1) is 13.5. The fourth-order valence-electron chi connectivity index (χ4n) is 3.56. The first-order valence-corrected chi connectivity index (χ1v) is 11.1. The number of hydrogen-bond acceptors (Lipinski definition) is 3. The molecular weight excluding hydrogens is 374 g/mol. The van der Waals surface area contributed by atoms with Gasteiger partial charge in [-0.25, -0.2) is 13.2 Å². The molecule has 0 radical (unpaired) electrons. The minimum Gasteiger partial charge on any atom is -0.338 e. The Morgan fingerprint density at radius 3 is 2.64 bits per heavy atom. The van der Waals surface area contributed by atoms with Crippen LogP contribution in [0.3, 0.4) is 0 Å². The van der Waals surface area contributed by atoms with Crippen LogP contribution in [0.2, 0.25) is 0 Å². The number of sulfonamides is 1. The van der Waals surface area contributed by atoms with E-state index >= 15 is 0 Å². The van der Waals surface area contributed by atoms with Crippen molar-refractivity contribution in [1.82, 2.24) is 9.62 Å². The first-order valence-electron chi connectivity index (χ1n) is 9.65. The van der Waals surface area contributed by atoms with E-state index in [1.807, 2.05) is 37.3 Å². The topological polar surface area (TPSA) is 78.5 Å². The summed E-state index contributed by atoms with van der Waals surface area (Å²) in [7, 11) is -3.51. The molecule has 150 valence electrons. The molecule has 1 atom stereocenters. The summed E-state index contributed by atoms with van der Waals surface area (Å²) in [5.41, 5.74) is 1.81. The van der Waals surface area contributed by atoms with Crippen LogP contribution in [0.4, 0.5) is 10.5 Å². The van der Waals surface area contributed by atoms with Gasteiger partial charge in [0.1, 0.15) is 0 Å². The van der Waals surface area contributed by atoms with E-state index in [1.54, 1.807) is 28.6 Å². The Morgan fingerprint density at radius 2 is 1.89 bits per heavy atom. The van der Waals surface area contributed by atoms with Crippen LogP contribution in [-0.2, 0) is 10.0 Å². The standard InChI is InChI=1S/C21H27N3O3S/c1-17-8-7-9-18(16-17)23-21(25)22-14-13-19-10-5-6-15-24(19)28(26,27)20-11-3-2-4-12-20/h2-4,7-9,11-12,16,19H,5-6,10,13-15H2,1H3,(H2,22,23,25)/t19-/m1/s1. The van der Waals surface area contributed by atoms with Gasteiger partial charge in [0, 0.05) is 24.8 Å². The number of carbonyl (C=O) groups excluding carboxylic acids is 1. The summed E-state index contributed by atoms with van der Waals surface area (Å²) >= 11 is 0. The summed E-state index contributed by atoms with van der Waals surface area (Å²) in [6.07, 6.45) is 3.27. The van der Waals surface area contributed by atoms with Gasteiger partial charge in [0.15, 0.2) is 0 Å². The van der Waals surface area contributed by atoms with Crippen molar-refractivity contribution in [2.24, 2.45) is 0 Å². The average Bonchev–Trinajstić information content (AvgIpc) is 2.69. The average molecular weight is 402 g/mol. The van der Waals surface area contributed by atoms with Gasteiger partial charge in [-0.3, -0.25) is 0 Å². The monoisotopic (exact) mass is 401 g/mol. The van der Waals surface area contributed by atoms with Crippen LogP contribution in [0.1, 0.15) is 31.2 Å². The van der Waals surface area contributed by atoms with Crippen molar-refractivity contribution < 1.29 is 13.2 Å². The highest BCUT2D eigenvalue weighted by molar-refractivity contribution is 7.89. The molecule has 28 heavy (non-hydrogen) atoms. The largest absolute Gasteiger partial charge is 0.338 e. The van der Waals surface area contributed by atoms with Crippen LogP contribution in [0.15, 0.2) is 59.5 Å². The third-order valence-corrected chi connectivity index (χ3v) is 6.93. The summed E-state index contributed by atoms with van der Waals surface area (Å²) in [4.78, 5) is 12.4. The number of carbonyl (C=O) groups is 1. The number of nitrogens with one attached hydrogen (secondary N) is 2. The molecule has 3 rings (SSSR count). The van der Waals surface area contributed by atoms with Gasteiger partial charge in [0.2, 0.25) is 10.0 Å². The zero-order valence-electron chi connectivity index (χ0n) is 16.1. The molecule has 0 aromatic heterocycles. The Bertz CT molecular complexity index is 900. The number of anilines is 1. The van der Waals surface area contributed by atoms with Gasteiger partial charge in [0.05, 0.1) is 4.90 Å². The minimum absolute atomic E-state index is 0.0989. The summed E-state index contributed by atoms with van der Waals surface area (Å²) in [5, 5.41) is 5.64. The summed E-state index contributed by atoms with van der Waals surface area (Å²) in [6.45, 7) is 2.91. The van der Waals surface area contributed by atoms with Crippen molar-refractivity contribution in [1.29, 1.82) is 0 Å². The van der Waals surface area contributed by atoms with Gasteiger partial charge in [0.25, 0.3) is 0 Å². The molecule has 1 saturated heterocycles. The zero-order chi connectivity index (χ0) is 20.0. The van der Waals surface area contributed by atoms with Crippen LogP contribution < -0.4 is 10.6 Å². The predicted molar refractivity (Wildman–Crippen MR) is 111 cm³/mol. The second-order valence-corrected chi connectivity index (χ2v) is 9.01. The maximum absolute atomic E-state index is 13.0. The van der Waals surface area contributed by atoms with Gasteiger partial charge in [-0.05, 0) is 56.0 Å². The Morgan fingerprint density at radius 1 is 1.11 bits per heavy atom. The molecule has 6 nitrogen and oxygen atoms in total. The Labute approximate surface area is 167 Å². The molecule has 1 aliphatic heterocycles. The van der Waals surface area contributed by atoms with Gasteiger partial charge in [-0.1, -0.05) is 36.8 Å². The predicted octanol–water partition coefficient (Wildman–Crippen LogP) is 3.75. The number of urea groups is 1. The fraction of sp³-hybridized carbons (Fsp3) is 0.381. The van der Waals surface area contributed by atoms with Crippen LogP contribution in [-0.4, -0.2) is 37.9 Å². The molecular formula is C21H27N3O3S. The molecule has 2 amide bonds. The van der Waals surface area contributed by atoms with Gasteiger partial charge in [-0.15, -0.1) is 0 Å². The van der Waals surface area contributed by atoms with Crippen molar-refractivity contribution in [2.75, 3.05) is 18.4 Å². The SMILES string of the molecule is Cc1cccc(NC(=O)NCC[C@H]2CCCCN2S(=O)(=O)c2ccccc2)c1. The molecule has 0 spiro atoms. The second-order valence-electron chi connectivity index (χ2n) is 7.12. The number of hydrogen-bond donors (Lipinski definition) is 2. The van der Waals surface area contributed by atoms with E-state index in [1.165, 1.54) is 0 Å². The normalized spacial score (nSPS) is 17.8. The lowest BCUT2D eigenvalue weighted by Gasteiger charge is -2.34. The molecule has 2 aromatic rings. The molecule has 1 heterocycles. The van der Waals surface area contributed by atoms with Crippen molar-refractivity contribution in [3.05, 3.63) is 60.2 Å². The number of nitrogens with zero attached hydrogens (tertiary/aromatic N) is 1. The Hall–Kier alpha value is -2.38. The van der Waals surface area contributed by atoms with Crippen molar-refractivity contribution in [3.8, 4) is 0 Å². The molecule has 1 fully saturated rings. The second kappa shape index (κ2) is 9.21. The Balaban J connectivity index is 1.57. The van der Waals surface area contributed by atoms with E-state index < -0.39 is 10.0 Å². The zero-order valence-corrected chi connectivity index (χ0v) is 16.9. The number of aryl methyl sites for hydroxylation is 1. The molecule has 7 heteroatoms. The van der Waals surface area contributed by atoms with Gasteiger partial charge >= 0.3 is 6.03 Å². The molecule has 2 N–H and O–H groups in total. The third-order valence-electron chi connectivity index (χ3n) is 4.96. The summed E-state index contributed by atoms with van der Waals surface area (Å²) in [5.74, 6) is 0. The lowest BCUT2D eigenvalue weighted by molar-refractivity contribution is 0.234. The molecule has 0 saturated carbocycles. The van der Waals surface area contributed by atoms with Crippen molar-refractivity contribution in [3.63, 3.8) is 0 Å². The van der Waals surface area contributed by atoms with Crippen LogP contribution >= 0.6 is 0 Å². The highest BCUT2D eigenvalue weighted by Crippen LogP contribution is 2.26. The highest BCUT2D eigenvalue weighted by Gasteiger charge is 2.33. The van der Waals surface area contributed by atoms with E-state index in [0.29, 0.717) is 24.4 Å². The summed E-state index contributed by atoms with van der Waals surface area (Å²) in [6, 6.07) is 15.8. The summed E-state index contributed by atoms with van der Waals surface area (Å²) < 4.78 is 27.6. The maximum atomic E-state index is 13.0. The van der Waals surface area contributed by atoms with Crippen molar-refractivity contribution >= 4 is 21.7 Å². The number of amides is 2. The van der Waals surface area contributed by atoms with Gasteiger partial charge in [-0.2, -0.15) is 4.31 Å². The molecule has 0 bridgehead atoms. The molecule has 2 aromatic carbocycles. The fourth-order valence-corrected chi connectivity index (χ4v) is 5.30.